The van der Waals surface area contributed by atoms with Crippen molar-refractivity contribution in [2.24, 2.45) is 0 Å². The van der Waals surface area contributed by atoms with Crippen LogP contribution in [0.2, 0.25) is 0 Å². The van der Waals surface area contributed by atoms with Crippen molar-refractivity contribution in [2.45, 2.75) is 13.1 Å². The van der Waals surface area contributed by atoms with Crippen LogP contribution in [-0.4, -0.2) is 23.0 Å². The van der Waals surface area contributed by atoms with E-state index in [2.05, 4.69) is 10.3 Å². The summed E-state index contributed by atoms with van der Waals surface area (Å²) >= 11 is 0. The van der Waals surface area contributed by atoms with Gasteiger partial charge in [0, 0.05) is 29.9 Å². The molecule has 0 spiro atoms. The number of nitrogens with zero attached hydrogens (tertiary/aromatic N) is 2. The lowest BCUT2D eigenvalue weighted by atomic mass is 9.98. The molecule has 7 heteroatoms. The van der Waals surface area contributed by atoms with Crippen LogP contribution in [0, 0.1) is 11.6 Å². The number of benzene rings is 2. The van der Waals surface area contributed by atoms with Crippen LogP contribution in [0.1, 0.15) is 11.1 Å². The van der Waals surface area contributed by atoms with Crippen LogP contribution in [0.5, 0.6) is 5.75 Å². The summed E-state index contributed by atoms with van der Waals surface area (Å²) < 4.78 is 32.8. The van der Waals surface area contributed by atoms with Gasteiger partial charge in [0.15, 0.2) is 0 Å². The molecular formula is C21H17F2N3O2. The summed E-state index contributed by atoms with van der Waals surface area (Å²) in [5.41, 5.74) is 2.45. The number of anilines is 1. The summed E-state index contributed by atoms with van der Waals surface area (Å²) in [6.45, 7) is 0.628. The molecule has 2 aromatic carbocycles. The number of hydrogen-bond acceptors (Lipinski definition) is 3. The van der Waals surface area contributed by atoms with E-state index in [0.29, 0.717) is 23.5 Å². The van der Waals surface area contributed by atoms with Crippen LogP contribution in [0.4, 0.5) is 19.4 Å². The molecule has 0 saturated carbocycles. The fourth-order valence-corrected chi connectivity index (χ4v) is 3.24. The number of carbonyl (C=O) groups is 1. The average Bonchev–Trinajstić information content (AvgIpc) is 2.69. The van der Waals surface area contributed by atoms with Gasteiger partial charge in [0.2, 0.25) is 0 Å². The maximum absolute atomic E-state index is 14.3. The van der Waals surface area contributed by atoms with Crippen LogP contribution >= 0.6 is 0 Å². The zero-order valence-corrected chi connectivity index (χ0v) is 15.1. The Labute approximate surface area is 160 Å². The van der Waals surface area contributed by atoms with Gasteiger partial charge in [-0.1, -0.05) is 12.1 Å². The van der Waals surface area contributed by atoms with E-state index >= 15 is 0 Å². The molecule has 2 amide bonds. The van der Waals surface area contributed by atoms with Gasteiger partial charge in [-0.05, 0) is 41.5 Å². The fourth-order valence-electron chi connectivity index (χ4n) is 3.24. The Morgan fingerprint density at radius 1 is 1.11 bits per heavy atom. The number of urea groups is 1. The third-order valence-electron chi connectivity index (χ3n) is 4.67. The molecule has 0 atom stereocenters. The number of fused-ring (bicyclic) bond motifs is 1. The number of aromatic nitrogens is 1. The van der Waals surface area contributed by atoms with Crippen molar-refractivity contribution < 1.29 is 18.3 Å². The quantitative estimate of drug-likeness (QED) is 0.720. The van der Waals surface area contributed by atoms with Gasteiger partial charge in [0.25, 0.3) is 0 Å². The van der Waals surface area contributed by atoms with Crippen molar-refractivity contribution >= 4 is 11.8 Å². The molecule has 142 valence electrons. The molecule has 0 radical (unpaired) electrons. The van der Waals surface area contributed by atoms with Gasteiger partial charge in [-0.25, -0.2) is 18.6 Å². The van der Waals surface area contributed by atoms with E-state index in [1.54, 1.807) is 18.1 Å². The predicted molar refractivity (Wildman–Crippen MR) is 101 cm³/mol. The Morgan fingerprint density at radius 3 is 2.61 bits per heavy atom. The lowest BCUT2D eigenvalue weighted by Crippen LogP contribution is -2.38. The topological polar surface area (TPSA) is 54.5 Å². The molecule has 5 nitrogen and oxygen atoms in total. The number of amides is 2. The third-order valence-corrected chi connectivity index (χ3v) is 4.67. The smallest absolute Gasteiger partial charge is 0.323 e. The van der Waals surface area contributed by atoms with Gasteiger partial charge in [0.1, 0.15) is 23.2 Å². The molecule has 0 saturated heterocycles. The monoisotopic (exact) mass is 381 g/mol. The summed E-state index contributed by atoms with van der Waals surface area (Å²) in [7, 11) is 1.59. The van der Waals surface area contributed by atoms with Gasteiger partial charge in [-0.3, -0.25) is 5.32 Å². The maximum Gasteiger partial charge on any atom is 0.323 e. The van der Waals surface area contributed by atoms with E-state index in [1.807, 2.05) is 24.3 Å². The number of ether oxygens (including phenoxy) is 1. The van der Waals surface area contributed by atoms with Crippen molar-refractivity contribution in [3.8, 4) is 16.9 Å². The van der Waals surface area contributed by atoms with Crippen molar-refractivity contribution in [1.29, 1.82) is 0 Å². The third kappa shape index (κ3) is 3.38. The first-order chi connectivity index (χ1) is 13.5. The zero-order chi connectivity index (χ0) is 19.7. The van der Waals surface area contributed by atoms with Gasteiger partial charge in [-0.15, -0.1) is 0 Å². The second-order valence-electron chi connectivity index (χ2n) is 6.44. The first kappa shape index (κ1) is 17.9. The molecule has 0 fully saturated rings. The van der Waals surface area contributed by atoms with Gasteiger partial charge in [0.05, 0.1) is 13.7 Å². The van der Waals surface area contributed by atoms with E-state index in [9.17, 15) is 13.6 Å². The number of methoxy groups -OCH3 is 1. The van der Waals surface area contributed by atoms with Crippen molar-refractivity contribution in [3.05, 3.63) is 77.5 Å². The van der Waals surface area contributed by atoms with Crippen LogP contribution in [-0.2, 0) is 13.1 Å². The molecule has 2 heterocycles. The lowest BCUT2D eigenvalue weighted by Gasteiger charge is -2.30. The van der Waals surface area contributed by atoms with Crippen LogP contribution in [0.3, 0.4) is 0 Å². The number of hydrogen-bond donors (Lipinski definition) is 1. The van der Waals surface area contributed by atoms with E-state index in [-0.39, 0.29) is 18.1 Å². The molecule has 1 aliphatic heterocycles. The van der Waals surface area contributed by atoms with Crippen molar-refractivity contribution in [3.63, 3.8) is 0 Å². The lowest BCUT2D eigenvalue weighted by molar-refractivity contribution is 0.203. The summed E-state index contributed by atoms with van der Waals surface area (Å²) in [6.07, 6.45) is 1.50. The maximum atomic E-state index is 14.3. The molecule has 1 aromatic heterocycles. The zero-order valence-electron chi connectivity index (χ0n) is 15.1. The highest BCUT2D eigenvalue weighted by atomic mass is 19.1. The molecule has 4 rings (SSSR count). The van der Waals surface area contributed by atoms with Crippen LogP contribution < -0.4 is 10.1 Å². The number of nitrogens with one attached hydrogen (secondary N) is 1. The molecule has 0 aliphatic carbocycles. The van der Waals surface area contributed by atoms with Gasteiger partial charge < -0.3 is 9.64 Å². The number of halogens is 2. The highest BCUT2D eigenvalue weighted by Crippen LogP contribution is 2.33. The Kier molecular flexibility index (Phi) is 4.65. The average molecular weight is 381 g/mol. The molecule has 28 heavy (non-hydrogen) atoms. The SMILES string of the molecule is COc1ccc(CN2Cc3c(-c4ccc(F)cc4F)ccnc3NC2=O)cc1. The Morgan fingerprint density at radius 2 is 1.89 bits per heavy atom. The Bertz CT molecular complexity index is 1040. The van der Waals surface area contributed by atoms with Crippen molar-refractivity contribution in [2.75, 3.05) is 12.4 Å². The second-order valence-corrected chi connectivity index (χ2v) is 6.44. The highest BCUT2D eigenvalue weighted by Gasteiger charge is 2.26. The predicted octanol–water partition coefficient (Wildman–Crippen LogP) is 4.58. The Hall–Kier alpha value is -3.48. The van der Waals surface area contributed by atoms with Crippen molar-refractivity contribution in [1.82, 2.24) is 9.88 Å². The summed E-state index contributed by atoms with van der Waals surface area (Å²) in [6, 6.07) is 12.2. The summed E-state index contributed by atoms with van der Waals surface area (Å²) in [5, 5.41) is 2.75. The largest absolute Gasteiger partial charge is 0.497 e. The molecule has 0 unspecified atom stereocenters. The molecule has 0 bridgehead atoms. The fraction of sp³-hybridized carbons (Fsp3) is 0.143. The van der Waals surface area contributed by atoms with Crippen LogP contribution in [0.25, 0.3) is 11.1 Å². The molecule has 1 aliphatic rings. The van der Waals surface area contributed by atoms with Crippen LogP contribution in [0.15, 0.2) is 54.7 Å². The molecule has 1 N–H and O–H groups in total. The number of carbonyl (C=O) groups excluding carboxylic acids is 1. The normalized spacial score (nSPS) is 13.1. The van der Waals surface area contributed by atoms with Gasteiger partial charge in [-0.2, -0.15) is 0 Å². The minimum atomic E-state index is -0.660. The molecule has 3 aromatic rings. The van der Waals surface area contributed by atoms with E-state index in [0.717, 1.165) is 17.4 Å². The number of rotatable bonds is 4. The minimum Gasteiger partial charge on any atom is -0.497 e. The number of pyridine rings is 1. The first-order valence-electron chi connectivity index (χ1n) is 8.67. The minimum absolute atomic E-state index is 0.257. The molecular weight excluding hydrogens is 364 g/mol. The summed E-state index contributed by atoms with van der Waals surface area (Å²) in [4.78, 5) is 18.3. The standard InChI is InChI=1S/C21H17F2N3O2/c1-28-15-5-2-13(3-6-15)11-26-12-18-16(8-9-24-20(18)25-21(26)27)17-7-4-14(22)10-19(17)23/h2-10H,11-12H2,1H3,(H,24,25,27). The second kappa shape index (κ2) is 7.26. The Balaban J connectivity index is 1.66. The van der Waals surface area contributed by atoms with E-state index < -0.39 is 11.6 Å². The first-order valence-corrected chi connectivity index (χ1v) is 8.67. The van der Waals surface area contributed by atoms with Gasteiger partial charge >= 0.3 is 6.03 Å². The summed E-state index contributed by atoms with van der Waals surface area (Å²) in [5.74, 6) is -0.182. The van der Waals surface area contributed by atoms with E-state index in [1.165, 1.54) is 18.3 Å². The highest BCUT2D eigenvalue weighted by molar-refractivity contribution is 5.93. The van der Waals surface area contributed by atoms with E-state index in [4.69, 9.17) is 4.74 Å².